The van der Waals surface area contributed by atoms with Gasteiger partial charge in [0.1, 0.15) is 0 Å². The second-order valence-corrected chi connectivity index (χ2v) is 6.55. The SMILES string of the molecule is CSCCNS(=O)(=O)c1csc(CO)c1. The van der Waals surface area contributed by atoms with Crippen LogP contribution in [-0.2, 0) is 16.6 Å². The van der Waals surface area contributed by atoms with Crippen LogP contribution < -0.4 is 4.72 Å². The molecule has 1 aromatic rings. The third-order valence-electron chi connectivity index (χ3n) is 1.69. The summed E-state index contributed by atoms with van der Waals surface area (Å²) in [5.74, 6) is 0.746. The zero-order valence-electron chi connectivity index (χ0n) is 8.26. The molecule has 0 aliphatic carbocycles. The molecule has 7 heteroatoms. The summed E-state index contributed by atoms with van der Waals surface area (Å²) in [5, 5.41) is 10.4. The first-order chi connectivity index (χ1) is 7.10. The Kier molecular flexibility index (Phi) is 5.07. The lowest BCUT2D eigenvalue weighted by Crippen LogP contribution is -2.25. The van der Waals surface area contributed by atoms with Crippen LogP contribution in [0.25, 0.3) is 0 Å². The van der Waals surface area contributed by atoms with E-state index in [1.807, 2.05) is 6.26 Å². The van der Waals surface area contributed by atoms with Crippen LogP contribution >= 0.6 is 23.1 Å². The molecule has 0 amide bonds. The van der Waals surface area contributed by atoms with Gasteiger partial charge in [0.15, 0.2) is 0 Å². The van der Waals surface area contributed by atoms with Crippen LogP contribution in [0.3, 0.4) is 0 Å². The van der Waals surface area contributed by atoms with Crippen molar-refractivity contribution in [2.24, 2.45) is 0 Å². The summed E-state index contributed by atoms with van der Waals surface area (Å²) in [6.45, 7) is 0.304. The molecule has 15 heavy (non-hydrogen) atoms. The number of nitrogens with one attached hydrogen (secondary N) is 1. The van der Waals surface area contributed by atoms with Gasteiger partial charge in [0.05, 0.1) is 11.5 Å². The molecule has 0 saturated carbocycles. The quantitative estimate of drug-likeness (QED) is 0.751. The van der Waals surface area contributed by atoms with E-state index in [1.54, 1.807) is 11.8 Å². The van der Waals surface area contributed by atoms with Crippen LogP contribution in [0.4, 0.5) is 0 Å². The summed E-state index contributed by atoms with van der Waals surface area (Å²) in [7, 11) is -3.39. The maximum Gasteiger partial charge on any atom is 0.241 e. The number of aliphatic hydroxyl groups excluding tert-OH is 1. The molecule has 86 valence electrons. The fourth-order valence-corrected chi connectivity index (χ4v) is 3.55. The third-order valence-corrected chi connectivity index (χ3v) is 4.82. The Morgan fingerprint density at radius 3 is 2.87 bits per heavy atom. The number of rotatable bonds is 6. The van der Waals surface area contributed by atoms with E-state index in [9.17, 15) is 8.42 Å². The van der Waals surface area contributed by atoms with Gasteiger partial charge in [0.25, 0.3) is 0 Å². The van der Waals surface area contributed by atoms with Crippen LogP contribution in [0.5, 0.6) is 0 Å². The van der Waals surface area contributed by atoms with Crippen LogP contribution in [0.15, 0.2) is 16.3 Å². The van der Waals surface area contributed by atoms with E-state index in [4.69, 9.17) is 5.11 Å². The average Bonchev–Trinajstić information content (AvgIpc) is 2.66. The number of aliphatic hydroxyl groups is 1. The van der Waals surface area contributed by atoms with Crippen molar-refractivity contribution in [3.63, 3.8) is 0 Å². The lowest BCUT2D eigenvalue weighted by atomic mass is 10.5. The minimum Gasteiger partial charge on any atom is -0.391 e. The summed E-state index contributed by atoms with van der Waals surface area (Å²) in [5.41, 5.74) is 0. The van der Waals surface area contributed by atoms with Gasteiger partial charge < -0.3 is 5.11 Å². The molecule has 0 aliphatic heterocycles. The second kappa shape index (κ2) is 5.86. The topological polar surface area (TPSA) is 66.4 Å². The molecule has 0 atom stereocenters. The molecule has 1 aromatic heterocycles. The first kappa shape index (κ1) is 13.0. The van der Waals surface area contributed by atoms with E-state index in [1.165, 1.54) is 22.8 Å². The van der Waals surface area contributed by atoms with E-state index in [-0.39, 0.29) is 11.5 Å². The Hall–Kier alpha value is -0.0800. The van der Waals surface area contributed by atoms with E-state index in [0.29, 0.717) is 11.4 Å². The molecule has 0 unspecified atom stereocenters. The Labute approximate surface area is 97.8 Å². The number of thioether (sulfide) groups is 1. The molecule has 1 rings (SSSR count). The standard InChI is InChI=1S/C8H13NO3S3/c1-13-3-2-9-15(11,12)8-4-7(5-10)14-6-8/h4,6,9-10H,2-3,5H2,1H3. The highest BCUT2D eigenvalue weighted by Gasteiger charge is 2.14. The van der Waals surface area contributed by atoms with Gasteiger partial charge in [0.2, 0.25) is 10.0 Å². The van der Waals surface area contributed by atoms with Crippen LogP contribution in [0.1, 0.15) is 4.88 Å². The van der Waals surface area contributed by atoms with E-state index >= 15 is 0 Å². The van der Waals surface area contributed by atoms with Gasteiger partial charge in [-0.05, 0) is 12.3 Å². The lowest BCUT2D eigenvalue weighted by Gasteiger charge is -2.02. The predicted octanol–water partition coefficient (Wildman–Crippen LogP) is 0.882. The van der Waals surface area contributed by atoms with Gasteiger partial charge in [0, 0.05) is 22.6 Å². The number of hydrogen-bond acceptors (Lipinski definition) is 5. The van der Waals surface area contributed by atoms with Gasteiger partial charge in [-0.1, -0.05) is 0 Å². The van der Waals surface area contributed by atoms with Crippen molar-refractivity contribution < 1.29 is 13.5 Å². The molecule has 0 spiro atoms. The molecule has 4 nitrogen and oxygen atoms in total. The minimum absolute atomic E-state index is 0.120. The van der Waals surface area contributed by atoms with Crippen molar-refractivity contribution in [1.29, 1.82) is 0 Å². The van der Waals surface area contributed by atoms with Gasteiger partial charge in [-0.2, -0.15) is 11.8 Å². The molecule has 0 aliphatic rings. The average molecular weight is 267 g/mol. The lowest BCUT2D eigenvalue weighted by molar-refractivity contribution is 0.285. The van der Waals surface area contributed by atoms with Gasteiger partial charge in [-0.15, -0.1) is 11.3 Å². The van der Waals surface area contributed by atoms with Crippen LogP contribution in [0.2, 0.25) is 0 Å². The molecule has 1 heterocycles. The van der Waals surface area contributed by atoms with E-state index < -0.39 is 10.0 Å². The molecule has 0 aromatic carbocycles. The second-order valence-electron chi connectivity index (χ2n) is 2.80. The van der Waals surface area contributed by atoms with E-state index in [0.717, 1.165) is 5.75 Å². The minimum atomic E-state index is -3.39. The monoisotopic (exact) mass is 267 g/mol. The Balaban J connectivity index is 2.68. The highest BCUT2D eigenvalue weighted by Crippen LogP contribution is 2.18. The number of sulfonamides is 1. The third kappa shape index (κ3) is 3.76. The summed E-state index contributed by atoms with van der Waals surface area (Å²) >= 11 is 2.82. The highest BCUT2D eigenvalue weighted by molar-refractivity contribution is 7.98. The molecule has 0 radical (unpaired) electrons. The van der Waals surface area contributed by atoms with Gasteiger partial charge in [-0.25, -0.2) is 13.1 Å². The molecular weight excluding hydrogens is 254 g/mol. The van der Waals surface area contributed by atoms with Crippen molar-refractivity contribution in [2.45, 2.75) is 11.5 Å². The van der Waals surface area contributed by atoms with Crippen LogP contribution in [-0.4, -0.2) is 32.1 Å². The summed E-state index contributed by atoms with van der Waals surface area (Å²) < 4.78 is 25.8. The fourth-order valence-electron chi connectivity index (χ4n) is 0.946. The predicted molar refractivity (Wildman–Crippen MR) is 63.8 cm³/mol. The van der Waals surface area contributed by atoms with Gasteiger partial charge in [-0.3, -0.25) is 0 Å². The first-order valence-electron chi connectivity index (χ1n) is 4.27. The Morgan fingerprint density at radius 1 is 1.60 bits per heavy atom. The summed E-state index contributed by atoms with van der Waals surface area (Å²) in [4.78, 5) is 0.887. The smallest absolute Gasteiger partial charge is 0.241 e. The van der Waals surface area contributed by atoms with Crippen molar-refractivity contribution in [2.75, 3.05) is 18.6 Å². The normalized spacial score (nSPS) is 11.9. The molecule has 2 N–H and O–H groups in total. The summed E-state index contributed by atoms with van der Waals surface area (Å²) in [6, 6.07) is 1.49. The zero-order valence-corrected chi connectivity index (χ0v) is 10.7. The number of hydrogen-bond donors (Lipinski definition) is 2. The van der Waals surface area contributed by atoms with Crippen molar-refractivity contribution in [1.82, 2.24) is 4.72 Å². The summed E-state index contributed by atoms with van der Waals surface area (Å²) in [6.07, 6.45) is 1.92. The van der Waals surface area contributed by atoms with Gasteiger partial charge >= 0.3 is 0 Å². The maximum atomic E-state index is 11.6. The van der Waals surface area contributed by atoms with E-state index in [2.05, 4.69) is 4.72 Å². The fraction of sp³-hybridized carbons (Fsp3) is 0.500. The first-order valence-corrected chi connectivity index (χ1v) is 8.02. The molecule has 0 bridgehead atoms. The largest absolute Gasteiger partial charge is 0.391 e. The van der Waals surface area contributed by atoms with Crippen molar-refractivity contribution in [3.8, 4) is 0 Å². The molecule has 0 fully saturated rings. The molecular formula is C8H13NO3S3. The Morgan fingerprint density at radius 2 is 2.33 bits per heavy atom. The Bertz CT molecular complexity index is 399. The maximum absolute atomic E-state index is 11.6. The zero-order chi connectivity index (χ0) is 11.3. The molecule has 0 saturated heterocycles. The van der Waals surface area contributed by atoms with Crippen molar-refractivity contribution in [3.05, 3.63) is 16.3 Å². The highest BCUT2D eigenvalue weighted by atomic mass is 32.2. The van der Waals surface area contributed by atoms with Crippen molar-refractivity contribution >= 4 is 33.1 Å². The number of thiophene rings is 1. The van der Waals surface area contributed by atoms with Crippen LogP contribution in [0, 0.1) is 0 Å².